The zero-order valence-corrected chi connectivity index (χ0v) is 13.5. The first-order chi connectivity index (χ1) is 10.1. The molecule has 112 valence electrons. The van der Waals surface area contributed by atoms with Crippen molar-refractivity contribution in [3.8, 4) is 5.75 Å². The Morgan fingerprint density at radius 3 is 2.57 bits per heavy atom. The van der Waals surface area contributed by atoms with Crippen LogP contribution in [0.1, 0.15) is 31.0 Å². The summed E-state index contributed by atoms with van der Waals surface area (Å²) in [6, 6.07) is 16.7. The number of benzene rings is 2. The lowest BCUT2D eigenvalue weighted by molar-refractivity contribution is 0.403. The van der Waals surface area contributed by atoms with E-state index in [0.29, 0.717) is 6.04 Å². The van der Waals surface area contributed by atoms with E-state index in [4.69, 9.17) is 16.3 Å². The van der Waals surface area contributed by atoms with Gasteiger partial charge in [0.2, 0.25) is 0 Å². The van der Waals surface area contributed by atoms with E-state index in [-0.39, 0.29) is 6.04 Å². The zero-order valence-electron chi connectivity index (χ0n) is 12.8. The van der Waals surface area contributed by atoms with Crippen LogP contribution in [0.2, 0.25) is 5.02 Å². The first kappa shape index (κ1) is 15.9. The van der Waals surface area contributed by atoms with E-state index in [1.807, 2.05) is 36.4 Å². The van der Waals surface area contributed by atoms with E-state index in [2.05, 4.69) is 31.3 Å². The first-order valence-electron chi connectivity index (χ1n) is 7.23. The van der Waals surface area contributed by atoms with Crippen LogP contribution in [0.25, 0.3) is 0 Å². The Morgan fingerprint density at radius 2 is 1.86 bits per heavy atom. The molecule has 0 aliphatic rings. The summed E-state index contributed by atoms with van der Waals surface area (Å²) in [4.78, 5) is 0. The molecule has 0 amide bonds. The van der Waals surface area contributed by atoms with Crippen molar-refractivity contribution in [1.82, 2.24) is 5.32 Å². The third-order valence-electron chi connectivity index (χ3n) is 3.60. The Balaban J connectivity index is 1.99. The SMILES string of the molecule is COc1ccccc1CC(C)N[C@@H](C)c1cccc(Cl)c1. The van der Waals surface area contributed by atoms with Crippen molar-refractivity contribution in [2.75, 3.05) is 7.11 Å². The summed E-state index contributed by atoms with van der Waals surface area (Å²) in [5.74, 6) is 0.946. The molecule has 0 heterocycles. The van der Waals surface area contributed by atoms with E-state index in [9.17, 15) is 0 Å². The monoisotopic (exact) mass is 303 g/mol. The maximum Gasteiger partial charge on any atom is 0.122 e. The smallest absolute Gasteiger partial charge is 0.122 e. The Labute approximate surface area is 132 Å². The van der Waals surface area contributed by atoms with E-state index in [1.54, 1.807) is 7.11 Å². The quantitative estimate of drug-likeness (QED) is 0.840. The third-order valence-corrected chi connectivity index (χ3v) is 3.84. The van der Waals surface area contributed by atoms with Gasteiger partial charge in [0, 0.05) is 17.1 Å². The lowest BCUT2D eigenvalue weighted by Crippen LogP contribution is -2.30. The van der Waals surface area contributed by atoms with Gasteiger partial charge in [-0.1, -0.05) is 41.9 Å². The number of halogens is 1. The van der Waals surface area contributed by atoms with Crippen molar-refractivity contribution < 1.29 is 4.74 Å². The average Bonchev–Trinajstić information content (AvgIpc) is 2.47. The molecule has 0 fully saturated rings. The average molecular weight is 304 g/mol. The van der Waals surface area contributed by atoms with Crippen molar-refractivity contribution in [3.63, 3.8) is 0 Å². The van der Waals surface area contributed by atoms with E-state index in [1.165, 1.54) is 11.1 Å². The molecule has 0 saturated heterocycles. The van der Waals surface area contributed by atoms with E-state index >= 15 is 0 Å². The summed E-state index contributed by atoms with van der Waals surface area (Å²) in [5, 5.41) is 4.39. The van der Waals surface area contributed by atoms with Gasteiger partial charge >= 0.3 is 0 Å². The molecule has 21 heavy (non-hydrogen) atoms. The molecule has 0 spiro atoms. The molecule has 2 rings (SSSR count). The fourth-order valence-electron chi connectivity index (χ4n) is 2.56. The molecule has 2 aromatic carbocycles. The Bertz CT molecular complexity index is 585. The van der Waals surface area contributed by atoms with E-state index < -0.39 is 0 Å². The Kier molecular flexibility index (Phi) is 5.66. The van der Waals surface area contributed by atoms with Gasteiger partial charge in [-0.05, 0) is 49.6 Å². The summed E-state index contributed by atoms with van der Waals surface area (Å²) >= 11 is 6.05. The van der Waals surface area contributed by atoms with Crippen LogP contribution in [-0.4, -0.2) is 13.2 Å². The van der Waals surface area contributed by atoms with Crippen LogP contribution in [0.3, 0.4) is 0 Å². The van der Waals surface area contributed by atoms with Crippen LogP contribution in [0, 0.1) is 0 Å². The van der Waals surface area contributed by atoms with Gasteiger partial charge in [-0.3, -0.25) is 0 Å². The fourth-order valence-corrected chi connectivity index (χ4v) is 2.76. The molecule has 2 nitrogen and oxygen atoms in total. The number of hydrogen-bond donors (Lipinski definition) is 1. The summed E-state index contributed by atoms with van der Waals surface area (Å²) < 4.78 is 5.41. The van der Waals surface area contributed by atoms with Crippen molar-refractivity contribution in [2.45, 2.75) is 32.4 Å². The zero-order chi connectivity index (χ0) is 15.2. The van der Waals surface area contributed by atoms with Gasteiger partial charge in [0.15, 0.2) is 0 Å². The number of para-hydroxylation sites is 1. The molecule has 2 atom stereocenters. The normalized spacial score (nSPS) is 13.7. The van der Waals surface area contributed by atoms with Gasteiger partial charge in [-0.2, -0.15) is 0 Å². The number of hydrogen-bond acceptors (Lipinski definition) is 2. The molecule has 1 unspecified atom stereocenters. The number of rotatable bonds is 6. The molecule has 0 bridgehead atoms. The maximum absolute atomic E-state index is 6.05. The predicted octanol–water partition coefficient (Wildman–Crippen LogP) is 4.63. The Hall–Kier alpha value is -1.51. The standard InChI is InChI=1S/C18H22ClNO/c1-13(11-16-7-4-5-10-18(16)21-3)20-14(2)15-8-6-9-17(19)12-15/h4-10,12-14,20H,11H2,1-3H3/t13?,14-/m0/s1. The predicted molar refractivity (Wildman–Crippen MR) is 89.2 cm³/mol. The van der Waals surface area contributed by atoms with Crippen molar-refractivity contribution in [2.24, 2.45) is 0 Å². The summed E-state index contributed by atoms with van der Waals surface area (Å²) in [5.41, 5.74) is 2.42. The van der Waals surface area contributed by atoms with Crippen LogP contribution < -0.4 is 10.1 Å². The molecule has 0 aromatic heterocycles. The topological polar surface area (TPSA) is 21.3 Å². The molecule has 0 saturated carbocycles. The Morgan fingerprint density at radius 1 is 1.10 bits per heavy atom. The van der Waals surface area contributed by atoms with Crippen LogP contribution in [0.15, 0.2) is 48.5 Å². The van der Waals surface area contributed by atoms with Gasteiger partial charge in [0.25, 0.3) is 0 Å². The number of nitrogens with one attached hydrogen (secondary N) is 1. The lowest BCUT2D eigenvalue weighted by Gasteiger charge is -2.21. The summed E-state index contributed by atoms with van der Waals surface area (Å²) in [6.45, 7) is 4.35. The lowest BCUT2D eigenvalue weighted by atomic mass is 10.0. The molecule has 2 aromatic rings. The van der Waals surface area contributed by atoms with Crippen LogP contribution in [0.5, 0.6) is 5.75 Å². The highest BCUT2D eigenvalue weighted by Crippen LogP contribution is 2.21. The second-order valence-corrected chi connectivity index (χ2v) is 5.80. The minimum Gasteiger partial charge on any atom is -0.496 e. The van der Waals surface area contributed by atoms with Crippen molar-refractivity contribution in [3.05, 3.63) is 64.7 Å². The molecular formula is C18H22ClNO. The minimum atomic E-state index is 0.258. The van der Waals surface area contributed by atoms with Gasteiger partial charge < -0.3 is 10.1 Å². The van der Waals surface area contributed by atoms with Gasteiger partial charge in [0.05, 0.1) is 7.11 Å². The van der Waals surface area contributed by atoms with Crippen LogP contribution >= 0.6 is 11.6 Å². The number of methoxy groups -OCH3 is 1. The molecule has 0 radical (unpaired) electrons. The van der Waals surface area contributed by atoms with E-state index in [0.717, 1.165) is 17.2 Å². The second kappa shape index (κ2) is 7.48. The van der Waals surface area contributed by atoms with Crippen molar-refractivity contribution in [1.29, 1.82) is 0 Å². The number of ether oxygens (including phenoxy) is 1. The highest BCUT2D eigenvalue weighted by atomic mass is 35.5. The molecule has 3 heteroatoms. The van der Waals surface area contributed by atoms with Gasteiger partial charge in [0.1, 0.15) is 5.75 Å². The fraction of sp³-hybridized carbons (Fsp3) is 0.333. The van der Waals surface area contributed by atoms with Crippen LogP contribution in [-0.2, 0) is 6.42 Å². The highest BCUT2D eigenvalue weighted by molar-refractivity contribution is 6.30. The molecule has 0 aliphatic carbocycles. The molecule has 1 N–H and O–H groups in total. The molecule has 0 aliphatic heterocycles. The highest BCUT2D eigenvalue weighted by Gasteiger charge is 2.12. The third kappa shape index (κ3) is 4.48. The summed E-state index contributed by atoms with van der Waals surface area (Å²) in [7, 11) is 1.71. The second-order valence-electron chi connectivity index (χ2n) is 5.36. The van der Waals surface area contributed by atoms with Crippen molar-refractivity contribution >= 4 is 11.6 Å². The van der Waals surface area contributed by atoms with Gasteiger partial charge in [-0.25, -0.2) is 0 Å². The van der Waals surface area contributed by atoms with Crippen LogP contribution in [0.4, 0.5) is 0 Å². The first-order valence-corrected chi connectivity index (χ1v) is 7.61. The largest absolute Gasteiger partial charge is 0.496 e. The molecular weight excluding hydrogens is 282 g/mol. The van der Waals surface area contributed by atoms with Gasteiger partial charge in [-0.15, -0.1) is 0 Å². The maximum atomic E-state index is 6.05. The minimum absolute atomic E-state index is 0.258. The summed E-state index contributed by atoms with van der Waals surface area (Å²) in [6.07, 6.45) is 0.926.